The van der Waals surface area contributed by atoms with Crippen LogP contribution in [0.5, 0.6) is 0 Å². The molecule has 104 valence electrons. The molecule has 0 radical (unpaired) electrons. The third-order valence-electron chi connectivity index (χ3n) is 3.53. The summed E-state index contributed by atoms with van der Waals surface area (Å²) in [6.45, 7) is 1.69. The lowest BCUT2D eigenvalue weighted by Crippen LogP contribution is -2.37. The van der Waals surface area contributed by atoms with Gasteiger partial charge in [0.15, 0.2) is 4.77 Å². The van der Waals surface area contributed by atoms with Gasteiger partial charge in [-0.25, -0.2) is 0 Å². The van der Waals surface area contributed by atoms with Gasteiger partial charge in [0.05, 0.1) is 10.9 Å². The van der Waals surface area contributed by atoms with Crippen molar-refractivity contribution in [3.8, 4) is 0 Å². The normalized spacial score (nSPS) is 16.1. The molecule has 1 saturated carbocycles. The molecule has 2 N–H and O–H groups in total. The van der Waals surface area contributed by atoms with Gasteiger partial charge in [-0.2, -0.15) is 0 Å². The molecule has 0 saturated heterocycles. The summed E-state index contributed by atoms with van der Waals surface area (Å²) in [6.07, 6.45) is 2.02. The molecule has 1 fully saturated rings. The van der Waals surface area contributed by atoms with Crippen LogP contribution in [0.1, 0.15) is 25.8 Å². The summed E-state index contributed by atoms with van der Waals surface area (Å²) in [4.78, 5) is 27.6. The second-order valence-electron chi connectivity index (χ2n) is 5.11. The maximum atomic E-state index is 12.5. The van der Waals surface area contributed by atoms with Crippen molar-refractivity contribution in [2.75, 3.05) is 0 Å². The molecular weight excluding hydrogens is 274 g/mol. The van der Waals surface area contributed by atoms with Gasteiger partial charge >= 0.3 is 0 Å². The summed E-state index contributed by atoms with van der Waals surface area (Å²) in [6, 6.07) is 6.80. The van der Waals surface area contributed by atoms with Gasteiger partial charge in [-0.3, -0.25) is 14.2 Å². The Hall–Kier alpha value is -1.95. The predicted molar refractivity (Wildman–Crippen MR) is 79.3 cm³/mol. The van der Waals surface area contributed by atoms with Crippen molar-refractivity contribution >= 4 is 29.0 Å². The minimum Gasteiger partial charge on any atom is -0.352 e. The standard InChI is InChI=1S/C14H15N3O2S/c1-8(12(18)15-9-6-7-9)17-13(19)10-4-2-3-5-11(10)16-14(17)20/h2-5,8-9H,6-7H2,1H3,(H,15,18)(H,16,20). The van der Waals surface area contributed by atoms with E-state index >= 15 is 0 Å². The fourth-order valence-electron chi connectivity index (χ4n) is 2.19. The summed E-state index contributed by atoms with van der Waals surface area (Å²) in [5.74, 6) is -0.163. The van der Waals surface area contributed by atoms with E-state index in [4.69, 9.17) is 12.2 Å². The van der Waals surface area contributed by atoms with Crippen LogP contribution in [0.15, 0.2) is 29.1 Å². The number of amides is 1. The third kappa shape index (κ3) is 2.27. The zero-order valence-electron chi connectivity index (χ0n) is 11.1. The molecule has 1 amide bonds. The first-order valence-electron chi connectivity index (χ1n) is 6.62. The highest BCUT2D eigenvalue weighted by Gasteiger charge is 2.27. The van der Waals surface area contributed by atoms with Crippen LogP contribution in [0.3, 0.4) is 0 Å². The number of nitrogens with one attached hydrogen (secondary N) is 2. The Bertz CT molecular complexity index is 789. The number of H-pyrrole nitrogens is 1. The van der Waals surface area contributed by atoms with Crippen LogP contribution in [0, 0.1) is 4.77 Å². The lowest BCUT2D eigenvalue weighted by molar-refractivity contribution is -0.124. The second-order valence-corrected chi connectivity index (χ2v) is 5.50. The molecular formula is C14H15N3O2S. The molecule has 1 aliphatic rings. The SMILES string of the molecule is CC(C(=O)NC1CC1)n1c(=S)[nH]c2ccccc2c1=O. The van der Waals surface area contributed by atoms with Crippen molar-refractivity contribution in [1.29, 1.82) is 0 Å². The zero-order valence-corrected chi connectivity index (χ0v) is 11.9. The molecule has 1 heterocycles. The molecule has 6 heteroatoms. The Morgan fingerprint density at radius 3 is 2.85 bits per heavy atom. The lowest BCUT2D eigenvalue weighted by Gasteiger charge is -2.15. The van der Waals surface area contributed by atoms with E-state index in [1.165, 1.54) is 4.57 Å². The first-order valence-corrected chi connectivity index (χ1v) is 7.02. The van der Waals surface area contributed by atoms with Crippen LogP contribution in [0.25, 0.3) is 10.9 Å². The second kappa shape index (κ2) is 4.86. The van der Waals surface area contributed by atoms with Crippen molar-refractivity contribution in [3.05, 3.63) is 39.4 Å². The summed E-state index contributed by atoms with van der Waals surface area (Å²) < 4.78 is 1.61. The van der Waals surface area contributed by atoms with Gasteiger partial charge in [0, 0.05) is 6.04 Å². The molecule has 1 aliphatic carbocycles. The summed E-state index contributed by atoms with van der Waals surface area (Å²) in [7, 11) is 0. The van der Waals surface area contributed by atoms with E-state index in [1.807, 2.05) is 6.07 Å². The molecule has 5 nitrogen and oxygen atoms in total. The van der Waals surface area contributed by atoms with E-state index in [9.17, 15) is 9.59 Å². The number of nitrogens with zero attached hydrogens (tertiary/aromatic N) is 1. The van der Waals surface area contributed by atoms with E-state index in [0.29, 0.717) is 10.9 Å². The summed E-state index contributed by atoms with van der Waals surface area (Å²) in [5, 5.41) is 3.43. The molecule has 3 rings (SSSR count). The number of carbonyl (C=O) groups is 1. The van der Waals surface area contributed by atoms with Gasteiger partial charge in [0.2, 0.25) is 5.91 Å². The van der Waals surface area contributed by atoms with Crippen molar-refractivity contribution in [2.45, 2.75) is 31.8 Å². The van der Waals surface area contributed by atoms with Gasteiger partial charge in [-0.05, 0) is 44.1 Å². The summed E-state index contributed by atoms with van der Waals surface area (Å²) >= 11 is 5.22. The molecule has 20 heavy (non-hydrogen) atoms. The third-order valence-corrected chi connectivity index (χ3v) is 3.83. The quantitative estimate of drug-likeness (QED) is 0.848. The van der Waals surface area contributed by atoms with E-state index in [2.05, 4.69) is 10.3 Å². The highest BCUT2D eigenvalue weighted by molar-refractivity contribution is 7.71. The molecule has 1 aromatic carbocycles. The lowest BCUT2D eigenvalue weighted by atomic mass is 10.2. The number of hydrogen-bond acceptors (Lipinski definition) is 3. The van der Waals surface area contributed by atoms with Crippen LogP contribution < -0.4 is 10.9 Å². The molecule has 0 spiro atoms. The van der Waals surface area contributed by atoms with Gasteiger partial charge in [0.1, 0.15) is 6.04 Å². The Morgan fingerprint density at radius 2 is 2.15 bits per heavy atom. The minimum atomic E-state index is -0.614. The van der Waals surface area contributed by atoms with Crippen LogP contribution in [0.4, 0.5) is 0 Å². The fourth-order valence-corrected chi connectivity index (χ4v) is 2.55. The van der Waals surface area contributed by atoms with Gasteiger partial charge in [-0.15, -0.1) is 0 Å². The van der Waals surface area contributed by atoms with E-state index in [1.54, 1.807) is 25.1 Å². The number of fused-ring (bicyclic) bond motifs is 1. The van der Waals surface area contributed by atoms with Crippen LogP contribution >= 0.6 is 12.2 Å². The van der Waals surface area contributed by atoms with Gasteiger partial charge in [0.25, 0.3) is 5.56 Å². The van der Waals surface area contributed by atoms with Crippen molar-refractivity contribution < 1.29 is 4.79 Å². The van der Waals surface area contributed by atoms with Gasteiger partial charge in [-0.1, -0.05) is 12.1 Å². The molecule has 0 aliphatic heterocycles. The molecule has 2 aromatic rings. The largest absolute Gasteiger partial charge is 0.352 e. The predicted octanol–water partition coefficient (Wildman–Crippen LogP) is 1.90. The Kier molecular flexibility index (Phi) is 3.17. The highest BCUT2D eigenvalue weighted by atomic mass is 32.1. The molecule has 1 aromatic heterocycles. The number of aromatic amines is 1. The van der Waals surface area contributed by atoms with Crippen molar-refractivity contribution in [1.82, 2.24) is 14.9 Å². The van der Waals surface area contributed by atoms with Crippen molar-refractivity contribution in [2.24, 2.45) is 0 Å². The average Bonchev–Trinajstić information content (AvgIpc) is 3.22. The minimum absolute atomic E-state index is 0.163. The number of aromatic nitrogens is 2. The topological polar surface area (TPSA) is 66.9 Å². The van der Waals surface area contributed by atoms with Crippen molar-refractivity contribution in [3.63, 3.8) is 0 Å². The Balaban J connectivity index is 2.08. The number of rotatable bonds is 3. The zero-order chi connectivity index (χ0) is 14.3. The monoisotopic (exact) mass is 289 g/mol. The number of hydrogen-bond donors (Lipinski definition) is 2. The highest BCUT2D eigenvalue weighted by Crippen LogP contribution is 2.20. The van der Waals surface area contributed by atoms with E-state index in [-0.39, 0.29) is 22.3 Å². The Morgan fingerprint density at radius 1 is 1.45 bits per heavy atom. The summed E-state index contributed by atoms with van der Waals surface area (Å²) in [5.41, 5.74) is 0.455. The first-order chi connectivity index (χ1) is 9.58. The smallest absolute Gasteiger partial charge is 0.262 e. The van der Waals surface area contributed by atoms with Crippen LogP contribution in [-0.2, 0) is 4.79 Å². The fraction of sp³-hybridized carbons (Fsp3) is 0.357. The molecule has 1 atom stereocenters. The first kappa shape index (κ1) is 13.1. The number of para-hydroxylation sites is 1. The molecule has 1 unspecified atom stereocenters. The maximum Gasteiger partial charge on any atom is 0.262 e. The van der Waals surface area contributed by atoms with Crippen LogP contribution in [0.2, 0.25) is 0 Å². The Labute approximate surface area is 120 Å². The van der Waals surface area contributed by atoms with Crippen LogP contribution in [-0.4, -0.2) is 21.5 Å². The van der Waals surface area contributed by atoms with Gasteiger partial charge < -0.3 is 10.3 Å². The number of benzene rings is 1. The molecule has 0 bridgehead atoms. The number of carbonyl (C=O) groups excluding carboxylic acids is 1. The maximum absolute atomic E-state index is 12.5. The average molecular weight is 289 g/mol. The van der Waals surface area contributed by atoms with E-state index < -0.39 is 6.04 Å². The van der Waals surface area contributed by atoms with E-state index in [0.717, 1.165) is 12.8 Å².